The molecule has 0 spiro atoms. The van der Waals surface area contributed by atoms with Crippen LogP contribution in [0.3, 0.4) is 0 Å². The predicted octanol–water partition coefficient (Wildman–Crippen LogP) is 3.25. The summed E-state index contributed by atoms with van der Waals surface area (Å²) in [6, 6.07) is 3.79. The van der Waals surface area contributed by atoms with E-state index in [9.17, 15) is 4.79 Å². The van der Waals surface area contributed by atoms with Crippen molar-refractivity contribution in [2.45, 2.75) is 20.4 Å². The Hall–Kier alpha value is -0.590. The van der Waals surface area contributed by atoms with E-state index < -0.39 is 5.41 Å². The number of esters is 1. The number of carbonyl (C=O) groups excluding carboxylic acids is 1. The van der Waals surface area contributed by atoms with Crippen molar-refractivity contribution in [1.82, 2.24) is 0 Å². The lowest BCUT2D eigenvalue weighted by Crippen LogP contribution is -2.32. The van der Waals surface area contributed by atoms with Gasteiger partial charge >= 0.3 is 5.97 Å². The number of hydrogen-bond donors (Lipinski definition) is 1. The number of carbonyl (C=O) groups is 1. The zero-order chi connectivity index (χ0) is 14.6. The van der Waals surface area contributed by atoms with E-state index in [4.69, 9.17) is 15.2 Å². The fourth-order valence-corrected chi connectivity index (χ4v) is 2.97. The van der Waals surface area contributed by atoms with Crippen LogP contribution in [-0.2, 0) is 16.1 Å². The smallest absolute Gasteiger partial charge is 0.314 e. The van der Waals surface area contributed by atoms with Crippen molar-refractivity contribution < 1.29 is 14.3 Å². The molecule has 0 radical (unpaired) electrons. The fraction of sp³-hybridized carbons (Fsp3) is 0.462. The molecule has 0 heterocycles. The van der Waals surface area contributed by atoms with Crippen LogP contribution in [0.25, 0.3) is 0 Å². The van der Waals surface area contributed by atoms with Crippen LogP contribution in [-0.4, -0.2) is 19.7 Å². The summed E-state index contributed by atoms with van der Waals surface area (Å²) in [5, 5.41) is 0. The minimum Gasteiger partial charge on any atom is -0.490 e. The molecule has 1 aromatic carbocycles. The van der Waals surface area contributed by atoms with Gasteiger partial charge in [0.25, 0.3) is 0 Å². The molecule has 19 heavy (non-hydrogen) atoms. The van der Waals surface area contributed by atoms with E-state index in [1.54, 1.807) is 13.8 Å². The second kappa shape index (κ2) is 6.72. The van der Waals surface area contributed by atoms with E-state index in [1.807, 2.05) is 12.1 Å². The third-order valence-corrected chi connectivity index (χ3v) is 3.79. The SMILES string of the molecule is COC(=O)C(C)(C)COc1c(Br)cc(CN)cc1Br. The van der Waals surface area contributed by atoms with Gasteiger partial charge in [-0.3, -0.25) is 4.79 Å². The van der Waals surface area contributed by atoms with Crippen molar-refractivity contribution in [2.75, 3.05) is 13.7 Å². The molecule has 1 aromatic rings. The molecule has 0 unspecified atom stereocenters. The lowest BCUT2D eigenvalue weighted by atomic mass is 9.95. The summed E-state index contributed by atoms with van der Waals surface area (Å²) >= 11 is 6.87. The number of ether oxygens (including phenoxy) is 2. The Kier molecular flexibility index (Phi) is 5.82. The lowest BCUT2D eigenvalue weighted by Gasteiger charge is -2.22. The number of nitrogens with two attached hydrogens (primary N) is 1. The second-order valence-electron chi connectivity index (χ2n) is 4.76. The molecule has 0 aromatic heterocycles. The highest BCUT2D eigenvalue weighted by Crippen LogP contribution is 2.35. The molecule has 0 saturated carbocycles. The molecular weight excluding hydrogens is 378 g/mol. The summed E-state index contributed by atoms with van der Waals surface area (Å²) in [4.78, 5) is 11.6. The van der Waals surface area contributed by atoms with Gasteiger partial charge in [-0.1, -0.05) is 0 Å². The van der Waals surface area contributed by atoms with Crippen molar-refractivity contribution >= 4 is 37.8 Å². The molecule has 106 valence electrons. The first-order valence-electron chi connectivity index (χ1n) is 5.71. The van der Waals surface area contributed by atoms with Crippen molar-refractivity contribution in [1.29, 1.82) is 0 Å². The van der Waals surface area contributed by atoms with Gasteiger partial charge in [0.05, 0.1) is 21.5 Å². The largest absolute Gasteiger partial charge is 0.490 e. The van der Waals surface area contributed by atoms with Gasteiger partial charge in [0.1, 0.15) is 12.4 Å². The normalized spacial score (nSPS) is 11.3. The average Bonchev–Trinajstić information content (AvgIpc) is 2.36. The molecule has 0 aliphatic rings. The summed E-state index contributed by atoms with van der Waals surface area (Å²) in [5.74, 6) is 0.340. The predicted molar refractivity (Wildman–Crippen MR) is 81.0 cm³/mol. The van der Waals surface area contributed by atoms with E-state index in [0.29, 0.717) is 12.3 Å². The molecule has 2 N–H and O–H groups in total. The molecule has 0 amide bonds. The Balaban J connectivity index is 2.87. The standard InChI is InChI=1S/C13H17Br2NO3/c1-13(2,12(17)18-3)7-19-11-9(14)4-8(6-16)5-10(11)15/h4-5H,6-7,16H2,1-3H3. The third-order valence-electron chi connectivity index (χ3n) is 2.61. The summed E-state index contributed by atoms with van der Waals surface area (Å²) in [7, 11) is 1.37. The van der Waals surface area contributed by atoms with Crippen LogP contribution in [0, 0.1) is 5.41 Å². The minimum atomic E-state index is -0.708. The van der Waals surface area contributed by atoms with Crippen LogP contribution in [0.4, 0.5) is 0 Å². The molecule has 6 heteroatoms. The molecule has 0 atom stereocenters. The molecule has 1 rings (SSSR count). The van der Waals surface area contributed by atoms with Crippen LogP contribution >= 0.6 is 31.9 Å². The number of hydrogen-bond acceptors (Lipinski definition) is 4. The van der Waals surface area contributed by atoms with Crippen molar-refractivity contribution in [3.63, 3.8) is 0 Å². The maximum Gasteiger partial charge on any atom is 0.314 e. The summed E-state index contributed by atoms with van der Waals surface area (Å²) < 4.78 is 12.0. The van der Waals surface area contributed by atoms with Crippen LogP contribution in [0.15, 0.2) is 21.1 Å². The Bertz CT molecular complexity index is 452. The van der Waals surface area contributed by atoms with E-state index >= 15 is 0 Å². The average molecular weight is 395 g/mol. The highest BCUT2D eigenvalue weighted by Gasteiger charge is 2.30. The minimum absolute atomic E-state index is 0.221. The number of methoxy groups -OCH3 is 1. The van der Waals surface area contributed by atoms with Crippen LogP contribution in [0.2, 0.25) is 0 Å². The molecule has 0 aliphatic heterocycles. The van der Waals surface area contributed by atoms with E-state index in [-0.39, 0.29) is 12.6 Å². The van der Waals surface area contributed by atoms with Gasteiger partial charge in [-0.05, 0) is 63.4 Å². The Morgan fingerprint density at radius 2 is 1.84 bits per heavy atom. The number of halogens is 2. The van der Waals surface area contributed by atoms with Gasteiger partial charge in [-0.25, -0.2) is 0 Å². The molecule has 0 saturated heterocycles. The summed E-state index contributed by atoms with van der Waals surface area (Å²) in [6.07, 6.45) is 0. The Morgan fingerprint density at radius 3 is 2.26 bits per heavy atom. The highest BCUT2D eigenvalue weighted by atomic mass is 79.9. The van der Waals surface area contributed by atoms with Crippen LogP contribution < -0.4 is 10.5 Å². The lowest BCUT2D eigenvalue weighted by molar-refractivity contribution is -0.152. The Morgan fingerprint density at radius 1 is 1.32 bits per heavy atom. The third kappa shape index (κ3) is 4.19. The van der Waals surface area contributed by atoms with Crippen LogP contribution in [0.5, 0.6) is 5.75 Å². The first-order valence-corrected chi connectivity index (χ1v) is 7.29. The van der Waals surface area contributed by atoms with Crippen molar-refractivity contribution in [2.24, 2.45) is 11.1 Å². The topological polar surface area (TPSA) is 61.5 Å². The number of benzene rings is 1. The van der Waals surface area contributed by atoms with E-state index in [2.05, 4.69) is 31.9 Å². The second-order valence-corrected chi connectivity index (χ2v) is 6.47. The van der Waals surface area contributed by atoms with Crippen molar-refractivity contribution in [3.8, 4) is 5.75 Å². The molecule has 0 bridgehead atoms. The van der Waals surface area contributed by atoms with Gasteiger partial charge < -0.3 is 15.2 Å². The van der Waals surface area contributed by atoms with Gasteiger partial charge in [0.15, 0.2) is 0 Å². The first-order chi connectivity index (χ1) is 8.81. The molecule has 4 nitrogen and oxygen atoms in total. The maximum atomic E-state index is 11.6. The Labute approximate surface area is 129 Å². The highest BCUT2D eigenvalue weighted by molar-refractivity contribution is 9.11. The first kappa shape index (κ1) is 16.5. The van der Waals surface area contributed by atoms with Crippen LogP contribution in [0.1, 0.15) is 19.4 Å². The molecule has 0 fully saturated rings. The van der Waals surface area contributed by atoms with Gasteiger partial charge in [0.2, 0.25) is 0 Å². The molecule has 0 aliphatic carbocycles. The molecular formula is C13H17Br2NO3. The monoisotopic (exact) mass is 393 g/mol. The van der Waals surface area contributed by atoms with E-state index in [0.717, 1.165) is 14.5 Å². The van der Waals surface area contributed by atoms with Gasteiger partial charge in [0, 0.05) is 6.54 Å². The quantitative estimate of drug-likeness (QED) is 0.778. The van der Waals surface area contributed by atoms with Crippen molar-refractivity contribution in [3.05, 3.63) is 26.6 Å². The zero-order valence-corrected chi connectivity index (χ0v) is 14.3. The van der Waals surface area contributed by atoms with Gasteiger partial charge in [-0.2, -0.15) is 0 Å². The van der Waals surface area contributed by atoms with E-state index in [1.165, 1.54) is 7.11 Å². The van der Waals surface area contributed by atoms with Gasteiger partial charge in [-0.15, -0.1) is 0 Å². The summed E-state index contributed by atoms with van der Waals surface area (Å²) in [6.45, 7) is 4.22. The maximum absolute atomic E-state index is 11.6. The fourth-order valence-electron chi connectivity index (χ4n) is 1.46. The zero-order valence-electron chi connectivity index (χ0n) is 11.1. The number of rotatable bonds is 5. The summed E-state index contributed by atoms with van der Waals surface area (Å²) in [5.41, 5.74) is 5.87.